The summed E-state index contributed by atoms with van der Waals surface area (Å²) in [6.45, 7) is 7.49. The van der Waals surface area contributed by atoms with Crippen molar-refractivity contribution >= 4 is 16.8 Å². The summed E-state index contributed by atoms with van der Waals surface area (Å²) in [5.41, 5.74) is 0. The van der Waals surface area contributed by atoms with Crippen LogP contribution in [-0.2, 0) is 10.8 Å². The first-order valence-corrected chi connectivity index (χ1v) is 9.79. The van der Waals surface area contributed by atoms with Crippen LogP contribution in [0.3, 0.4) is 0 Å². The van der Waals surface area contributed by atoms with Crippen LogP contribution >= 0.6 is 0 Å². The molecule has 0 saturated heterocycles. The fraction of sp³-hybridized carbons (Fsp3) is 0.938. The van der Waals surface area contributed by atoms with Gasteiger partial charge in [-0.05, 0) is 38.0 Å². The van der Waals surface area contributed by atoms with Gasteiger partial charge in [-0.3, -0.25) is 9.20 Å². The Hall–Kier alpha value is -0.580. The van der Waals surface area contributed by atoms with Crippen LogP contribution in [0, 0.1) is 5.92 Å². The number of guanidine groups is 1. The van der Waals surface area contributed by atoms with Crippen molar-refractivity contribution in [3.05, 3.63) is 0 Å². The number of rotatable bonds is 7. The standard InChI is InChI=1S/C16H33N3OS/c1-5-21(20)15-10-6-9-14(12-15)19-16(17-4)18-11-7-8-13(2)3/h13-15H,5-12H2,1-4H3,(H2,17,18,19). The van der Waals surface area contributed by atoms with E-state index in [1.807, 2.05) is 14.0 Å². The zero-order valence-electron chi connectivity index (χ0n) is 14.2. The largest absolute Gasteiger partial charge is 0.356 e. The van der Waals surface area contributed by atoms with Crippen LogP contribution < -0.4 is 10.6 Å². The number of aliphatic imine (C=N–C) groups is 1. The molecular formula is C16H33N3OS. The van der Waals surface area contributed by atoms with E-state index >= 15 is 0 Å². The highest BCUT2D eigenvalue weighted by Crippen LogP contribution is 2.22. The highest BCUT2D eigenvalue weighted by atomic mass is 32.2. The third-order valence-corrected chi connectivity index (χ3v) is 5.84. The van der Waals surface area contributed by atoms with Gasteiger partial charge in [0.15, 0.2) is 5.96 Å². The van der Waals surface area contributed by atoms with Crippen LogP contribution in [0.15, 0.2) is 4.99 Å². The fourth-order valence-electron chi connectivity index (χ4n) is 2.86. The Bertz CT molecular complexity index is 344. The molecule has 1 aliphatic rings. The van der Waals surface area contributed by atoms with E-state index in [2.05, 4.69) is 29.5 Å². The molecule has 3 atom stereocenters. The molecule has 0 amide bonds. The molecule has 0 aromatic rings. The Morgan fingerprint density at radius 3 is 2.76 bits per heavy atom. The van der Waals surface area contributed by atoms with Gasteiger partial charge in [0.1, 0.15) is 0 Å². The first kappa shape index (κ1) is 18.5. The number of nitrogens with one attached hydrogen (secondary N) is 2. The summed E-state index contributed by atoms with van der Waals surface area (Å²) in [5, 5.41) is 7.26. The van der Waals surface area contributed by atoms with Crippen LogP contribution in [0.25, 0.3) is 0 Å². The maximum absolute atomic E-state index is 12.0. The molecule has 0 aromatic carbocycles. The molecule has 5 heteroatoms. The van der Waals surface area contributed by atoms with E-state index < -0.39 is 10.8 Å². The third-order valence-electron chi connectivity index (χ3n) is 4.10. The highest BCUT2D eigenvalue weighted by Gasteiger charge is 2.25. The Morgan fingerprint density at radius 2 is 2.14 bits per heavy atom. The van der Waals surface area contributed by atoms with Gasteiger partial charge in [-0.1, -0.05) is 27.2 Å². The van der Waals surface area contributed by atoms with Gasteiger partial charge in [0.2, 0.25) is 0 Å². The van der Waals surface area contributed by atoms with Crippen LogP contribution in [-0.4, -0.2) is 40.8 Å². The van der Waals surface area contributed by atoms with Gasteiger partial charge in [-0.15, -0.1) is 0 Å². The maximum atomic E-state index is 12.0. The van der Waals surface area contributed by atoms with E-state index in [1.165, 1.54) is 19.3 Å². The Balaban J connectivity index is 2.34. The monoisotopic (exact) mass is 315 g/mol. The van der Waals surface area contributed by atoms with E-state index in [0.717, 1.165) is 43.4 Å². The minimum absolute atomic E-state index is 0.361. The number of hydrogen-bond acceptors (Lipinski definition) is 2. The lowest BCUT2D eigenvalue weighted by atomic mass is 9.95. The minimum atomic E-state index is -0.663. The van der Waals surface area contributed by atoms with Gasteiger partial charge in [0.25, 0.3) is 0 Å². The molecule has 0 radical (unpaired) electrons. The quantitative estimate of drug-likeness (QED) is 0.431. The first-order chi connectivity index (χ1) is 10.1. The summed E-state index contributed by atoms with van der Waals surface area (Å²) in [6, 6.07) is 0.413. The lowest BCUT2D eigenvalue weighted by Crippen LogP contribution is -2.46. The van der Waals surface area contributed by atoms with E-state index in [4.69, 9.17) is 0 Å². The van der Waals surface area contributed by atoms with Crippen molar-refractivity contribution in [1.82, 2.24) is 10.6 Å². The van der Waals surface area contributed by atoms with Crippen molar-refractivity contribution < 1.29 is 4.21 Å². The first-order valence-electron chi connectivity index (χ1n) is 8.41. The third kappa shape index (κ3) is 7.30. The van der Waals surface area contributed by atoms with E-state index in [9.17, 15) is 4.21 Å². The SMILES string of the molecule is CCS(=O)C1CCCC(NC(=NC)NCCCC(C)C)C1. The van der Waals surface area contributed by atoms with Gasteiger partial charge >= 0.3 is 0 Å². The van der Waals surface area contributed by atoms with Crippen molar-refractivity contribution in [3.8, 4) is 0 Å². The maximum Gasteiger partial charge on any atom is 0.191 e. The second kappa shape index (κ2) is 10.2. The van der Waals surface area contributed by atoms with Crippen LogP contribution in [0.1, 0.15) is 59.3 Å². The number of hydrogen-bond donors (Lipinski definition) is 2. The van der Waals surface area contributed by atoms with Gasteiger partial charge in [-0.2, -0.15) is 0 Å². The lowest BCUT2D eigenvalue weighted by Gasteiger charge is -2.30. The Kier molecular flexibility index (Phi) is 8.97. The average molecular weight is 316 g/mol. The summed E-state index contributed by atoms with van der Waals surface area (Å²) >= 11 is 0. The Morgan fingerprint density at radius 1 is 1.38 bits per heavy atom. The molecule has 0 spiro atoms. The van der Waals surface area contributed by atoms with Crippen molar-refractivity contribution in [3.63, 3.8) is 0 Å². The van der Waals surface area contributed by atoms with Crippen LogP contribution in [0.5, 0.6) is 0 Å². The average Bonchev–Trinajstić information content (AvgIpc) is 2.49. The Labute approximate surface area is 133 Å². The highest BCUT2D eigenvalue weighted by molar-refractivity contribution is 7.85. The summed E-state index contributed by atoms with van der Waals surface area (Å²) in [6.07, 6.45) is 6.85. The van der Waals surface area contributed by atoms with Crippen molar-refractivity contribution in [2.24, 2.45) is 10.9 Å². The summed E-state index contributed by atoms with van der Waals surface area (Å²) < 4.78 is 12.0. The second-order valence-corrected chi connectivity index (χ2v) is 8.34. The van der Waals surface area contributed by atoms with Crippen LogP contribution in [0.4, 0.5) is 0 Å². The smallest absolute Gasteiger partial charge is 0.191 e. The van der Waals surface area contributed by atoms with E-state index in [-0.39, 0.29) is 0 Å². The summed E-state index contributed by atoms with van der Waals surface area (Å²) in [7, 11) is 1.16. The minimum Gasteiger partial charge on any atom is -0.356 e. The molecule has 2 N–H and O–H groups in total. The number of nitrogens with zero attached hydrogens (tertiary/aromatic N) is 1. The molecule has 124 valence electrons. The molecule has 0 aromatic heterocycles. The van der Waals surface area contributed by atoms with Gasteiger partial charge < -0.3 is 10.6 Å². The zero-order valence-corrected chi connectivity index (χ0v) is 15.0. The molecule has 1 saturated carbocycles. The van der Waals surface area contributed by atoms with Gasteiger partial charge in [-0.25, -0.2) is 0 Å². The zero-order chi connectivity index (χ0) is 15.7. The topological polar surface area (TPSA) is 53.5 Å². The predicted octanol–water partition coefficient (Wildman–Crippen LogP) is 2.67. The van der Waals surface area contributed by atoms with Crippen molar-refractivity contribution in [2.75, 3.05) is 19.3 Å². The van der Waals surface area contributed by atoms with Crippen LogP contribution in [0.2, 0.25) is 0 Å². The molecule has 1 aliphatic carbocycles. The summed E-state index contributed by atoms with van der Waals surface area (Å²) in [5.74, 6) is 2.43. The molecule has 0 bridgehead atoms. The molecule has 21 heavy (non-hydrogen) atoms. The van der Waals surface area contributed by atoms with Crippen molar-refractivity contribution in [1.29, 1.82) is 0 Å². The molecule has 3 unspecified atom stereocenters. The van der Waals surface area contributed by atoms with E-state index in [0.29, 0.717) is 11.3 Å². The van der Waals surface area contributed by atoms with Crippen molar-refractivity contribution in [2.45, 2.75) is 70.6 Å². The molecule has 1 fully saturated rings. The molecule has 4 nitrogen and oxygen atoms in total. The summed E-state index contributed by atoms with van der Waals surface area (Å²) in [4.78, 5) is 4.31. The molecule has 0 aliphatic heterocycles. The predicted molar refractivity (Wildman–Crippen MR) is 93.3 cm³/mol. The lowest BCUT2D eigenvalue weighted by molar-refractivity contribution is 0.413. The fourth-order valence-corrected chi connectivity index (χ4v) is 4.20. The molecule has 1 rings (SSSR count). The second-order valence-electron chi connectivity index (χ2n) is 6.33. The van der Waals surface area contributed by atoms with E-state index in [1.54, 1.807) is 0 Å². The normalized spacial score (nSPS) is 24.9. The molecular weight excluding hydrogens is 282 g/mol. The molecule has 0 heterocycles. The van der Waals surface area contributed by atoms with Gasteiger partial charge in [0, 0.05) is 41.4 Å². The van der Waals surface area contributed by atoms with Gasteiger partial charge in [0.05, 0.1) is 0 Å².